The van der Waals surface area contributed by atoms with Crippen molar-refractivity contribution >= 4 is 0 Å². The summed E-state index contributed by atoms with van der Waals surface area (Å²) in [5.41, 5.74) is 1.71. The van der Waals surface area contributed by atoms with Gasteiger partial charge in [-0.3, -0.25) is 4.98 Å². The third kappa shape index (κ3) is 4.30. The number of aromatic nitrogens is 2. The van der Waals surface area contributed by atoms with E-state index >= 15 is 0 Å². The normalized spacial score (nSPS) is 10.3. The summed E-state index contributed by atoms with van der Waals surface area (Å²) in [5.74, 6) is 0.572. The zero-order valence-electron chi connectivity index (χ0n) is 14.7. The summed E-state index contributed by atoms with van der Waals surface area (Å²) in [5, 5.41) is 9.38. The quantitative estimate of drug-likeness (QED) is 0.744. The summed E-state index contributed by atoms with van der Waals surface area (Å²) in [6, 6.07) is 11.6. The fraction of sp³-hybridized carbons (Fsp3) is 0.150. The lowest BCUT2D eigenvalue weighted by molar-refractivity contribution is 0.289. The third-order valence-electron chi connectivity index (χ3n) is 3.87. The molecule has 3 aromatic rings. The zero-order valence-corrected chi connectivity index (χ0v) is 14.7. The van der Waals surface area contributed by atoms with Gasteiger partial charge in [0.05, 0.1) is 5.56 Å². The first-order valence-electron chi connectivity index (χ1n) is 8.12. The van der Waals surface area contributed by atoms with Gasteiger partial charge in [-0.15, -0.1) is 0 Å². The molecule has 0 amide bonds. The first kappa shape index (κ1) is 18.1. The van der Waals surface area contributed by atoms with Crippen LogP contribution in [0.2, 0.25) is 0 Å². The van der Waals surface area contributed by atoms with Gasteiger partial charge < -0.3 is 9.47 Å². The van der Waals surface area contributed by atoms with Crippen LogP contribution in [0.3, 0.4) is 0 Å². The lowest BCUT2D eigenvalue weighted by Crippen LogP contribution is -2.12. The summed E-state index contributed by atoms with van der Waals surface area (Å²) in [4.78, 5) is 17.4. The van der Waals surface area contributed by atoms with Crippen molar-refractivity contribution in [2.45, 2.75) is 20.5 Å². The fourth-order valence-electron chi connectivity index (χ4n) is 2.35. The molecule has 0 bridgehead atoms. The maximum Gasteiger partial charge on any atom is 0.347 e. The molecule has 0 saturated carbocycles. The van der Waals surface area contributed by atoms with Crippen molar-refractivity contribution in [3.8, 4) is 23.4 Å². The maximum absolute atomic E-state index is 13.7. The molecule has 1 aromatic heterocycles. The maximum atomic E-state index is 13.7. The molecule has 0 atom stereocenters. The van der Waals surface area contributed by atoms with E-state index in [1.807, 2.05) is 0 Å². The molecule has 0 aliphatic carbocycles. The lowest BCUT2D eigenvalue weighted by atomic mass is 10.1. The SMILES string of the molecule is Cc1ccc(Oc2ccc(COc3[nH]c(=O)ncc3C)cc2C#N)cc1F. The molecular weight excluding hydrogens is 349 g/mol. The molecule has 3 rings (SSSR count). The number of rotatable bonds is 5. The zero-order chi connectivity index (χ0) is 19.4. The van der Waals surface area contributed by atoms with Crippen molar-refractivity contribution in [2.24, 2.45) is 0 Å². The number of hydrogen-bond donors (Lipinski definition) is 1. The van der Waals surface area contributed by atoms with Crippen molar-refractivity contribution in [3.05, 3.63) is 81.2 Å². The minimum Gasteiger partial charge on any atom is -0.474 e. The molecule has 2 aromatic carbocycles. The van der Waals surface area contributed by atoms with Crippen LogP contribution in [0.15, 0.2) is 47.4 Å². The number of ether oxygens (including phenoxy) is 2. The van der Waals surface area contributed by atoms with Crippen molar-refractivity contribution in [3.63, 3.8) is 0 Å². The smallest absolute Gasteiger partial charge is 0.347 e. The van der Waals surface area contributed by atoms with Crippen molar-refractivity contribution in [2.75, 3.05) is 0 Å². The minimum absolute atomic E-state index is 0.148. The van der Waals surface area contributed by atoms with E-state index in [2.05, 4.69) is 16.0 Å². The molecule has 0 aliphatic heterocycles. The van der Waals surface area contributed by atoms with Gasteiger partial charge in [-0.1, -0.05) is 12.1 Å². The molecule has 6 nitrogen and oxygen atoms in total. The molecule has 136 valence electrons. The lowest BCUT2D eigenvalue weighted by Gasteiger charge is -2.11. The number of aryl methyl sites for hydroxylation is 2. The number of benzene rings is 2. The molecule has 0 aliphatic rings. The Kier molecular flexibility index (Phi) is 5.18. The second kappa shape index (κ2) is 7.70. The Bertz CT molecular complexity index is 1090. The predicted molar refractivity (Wildman–Crippen MR) is 96.3 cm³/mol. The van der Waals surface area contributed by atoms with Gasteiger partial charge in [-0.2, -0.15) is 5.26 Å². The number of nitrogens with zero attached hydrogens (tertiary/aromatic N) is 2. The number of halogens is 1. The van der Waals surface area contributed by atoms with Crippen LogP contribution in [0.5, 0.6) is 17.4 Å². The molecule has 0 radical (unpaired) electrons. The van der Waals surface area contributed by atoms with Crippen LogP contribution < -0.4 is 15.2 Å². The Labute approximate surface area is 154 Å². The van der Waals surface area contributed by atoms with E-state index < -0.39 is 5.69 Å². The summed E-state index contributed by atoms with van der Waals surface area (Å²) in [7, 11) is 0. The van der Waals surface area contributed by atoms with E-state index in [4.69, 9.17) is 9.47 Å². The molecule has 0 fully saturated rings. The number of nitrogens with one attached hydrogen (secondary N) is 1. The van der Waals surface area contributed by atoms with Gasteiger partial charge in [0.25, 0.3) is 0 Å². The second-order valence-electron chi connectivity index (χ2n) is 5.94. The van der Waals surface area contributed by atoms with Gasteiger partial charge >= 0.3 is 5.69 Å². The van der Waals surface area contributed by atoms with Crippen LogP contribution in [0.4, 0.5) is 4.39 Å². The Morgan fingerprint density at radius 2 is 2.00 bits per heavy atom. The molecule has 0 spiro atoms. The van der Waals surface area contributed by atoms with Crippen molar-refractivity contribution in [1.82, 2.24) is 9.97 Å². The number of H-pyrrole nitrogens is 1. The van der Waals surface area contributed by atoms with Gasteiger partial charge in [0.2, 0.25) is 0 Å². The van der Waals surface area contributed by atoms with Crippen LogP contribution in [0, 0.1) is 31.0 Å². The molecule has 0 unspecified atom stereocenters. The van der Waals surface area contributed by atoms with E-state index in [-0.39, 0.29) is 18.0 Å². The van der Waals surface area contributed by atoms with E-state index in [1.165, 1.54) is 12.3 Å². The largest absolute Gasteiger partial charge is 0.474 e. The molecule has 1 heterocycles. The highest BCUT2D eigenvalue weighted by atomic mass is 19.1. The summed E-state index contributed by atoms with van der Waals surface area (Å²) < 4.78 is 24.9. The molecular formula is C20H16FN3O3. The summed E-state index contributed by atoms with van der Waals surface area (Å²) in [6.45, 7) is 3.57. The number of hydrogen-bond acceptors (Lipinski definition) is 5. The van der Waals surface area contributed by atoms with Gasteiger partial charge in [0.15, 0.2) is 5.88 Å². The number of aromatic amines is 1. The fourth-order valence-corrected chi connectivity index (χ4v) is 2.35. The highest BCUT2D eigenvalue weighted by molar-refractivity contribution is 5.47. The predicted octanol–water partition coefficient (Wildman–Crippen LogP) is 3.77. The average Bonchev–Trinajstić information content (AvgIpc) is 2.66. The van der Waals surface area contributed by atoms with Crippen LogP contribution in [-0.4, -0.2) is 9.97 Å². The topological polar surface area (TPSA) is 88.0 Å². The highest BCUT2D eigenvalue weighted by Crippen LogP contribution is 2.27. The van der Waals surface area contributed by atoms with Crippen LogP contribution in [0.1, 0.15) is 22.3 Å². The van der Waals surface area contributed by atoms with Crippen LogP contribution in [-0.2, 0) is 6.61 Å². The van der Waals surface area contributed by atoms with Crippen molar-refractivity contribution in [1.29, 1.82) is 5.26 Å². The summed E-state index contributed by atoms with van der Waals surface area (Å²) in [6.07, 6.45) is 1.42. The van der Waals surface area contributed by atoms with Crippen LogP contribution >= 0.6 is 0 Å². The van der Waals surface area contributed by atoms with E-state index in [9.17, 15) is 14.4 Å². The van der Waals surface area contributed by atoms with Crippen molar-refractivity contribution < 1.29 is 13.9 Å². The van der Waals surface area contributed by atoms with E-state index in [0.717, 1.165) is 0 Å². The second-order valence-corrected chi connectivity index (χ2v) is 5.94. The van der Waals surface area contributed by atoms with E-state index in [1.54, 1.807) is 44.2 Å². The molecule has 27 heavy (non-hydrogen) atoms. The molecule has 0 saturated heterocycles. The molecule has 7 heteroatoms. The third-order valence-corrected chi connectivity index (χ3v) is 3.87. The van der Waals surface area contributed by atoms with Crippen LogP contribution in [0.25, 0.3) is 0 Å². The first-order valence-corrected chi connectivity index (χ1v) is 8.12. The highest BCUT2D eigenvalue weighted by Gasteiger charge is 2.09. The Morgan fingerprint density at radius 1 is 1.19 bits per heavy atom. The van der Waals surface area contributed by atoms with E-state index in [0.29, 0.717) is 34.1 Å². The van der Waals surface area contributed by atoms with Gasteiger partial charge in [0, 0.05) is 17.8 Å². The monoisotopic (exact) mass is 365 g/mol. The van der Waals surface area contributed by atoms with Gasteiger partial charge in [-0.25, -0.2) is 14.2 Å². The van der Waals surface area contributed by atoms with Gasteiger partial charge in [-0.05, 0) is 43.2 Å². The minimum atomic E-state index is -0.498. The van der Waals surface area contributed by atoms with Gasteiger partial charge in [0.1, 0.15) is 30.0 Å². The Morgan fingerprint density at radius 3 is 2.74 bits per heavy atom. The molecule has 1 N–H and O–H groups in total. The average molecular weight is 365 g/mol. The first-order chi connectivity index (χ1) is 13.0. The Balaban J connectivity index is 1.77. The Hall–Kier alpha value is -3.66. The standard InChI is InChI=1S/C20H16FN3O3/c1-12-3-5-16(8-17(12)21)27-18-6-4-14(7-15(18)9-22)11-26-19-13(2)10-23-20(25)24-19/h3-8,10H,11H2,1-2H3,(H,23,24,25). The summed E-state index contributed by atoms with van der Waals surface area (Å²) >= 11 is 0. The number of nitriles is 1.